The van der Waals surface area contributed by atoms with E-state index >= 15 is 0 Å². The zero-order valence-corrected chi connectivity index (χ0v) is 18.1. The van der Waals surface area contributed by atoms with Gasteiger partial charge in [0.25, 0.3) is 0 Å². The molecular weight excluding hydrogens is 400 g/mol. The van der Waals surface area contributed by atoms with E-state index in [-0.39, 0.29) is 29.8 Å². The molecule has 2 aliphatic rings. The number of hydrogen-bond donors (Lipinski definition) is 2. The van der Waals surface area contributed by atoms with Gasteiger partial charge in [-0.1, -0.05) is 42.5 Å². The average Bonchev–Trinajstić information content (AvgIpc) is 2.80. The van der Waals surface area contributed by atoms with Crippen LogP contribution in [0.1, 0.15) is 36.8 Å². The molecule has 2 aliphatic heterocycles. The second kappa shape index (κ2) is 10.8. The summed E-state index contributed by atoms with van der Waals surface area (Å²) < 4.78 is 11.5. The van der Waals surface area contributed by atoms with Crippen LogP contribution in [0.2, 0.25) is 0 Å². The summed E-state index contributed by atoms with van der Waals surface area (Å²) in [6, 6.07) is 18.3. The lowest BCUT2D eigenvalue weighted by Gasteiger charge is -2.40. The topological polar surface area (TPSA) is 59.6 Å². The third-order valence-electron chi connectivity index (χ3n) is 6.03. The third kappa shape index (κ3) is 5.54. The lowest BCUT2D eigenvalue weighted by Crippen LogP contribution is -2.53. The number of benzene rings is 2. The number of halogens is 1. The van der Waals surface area contributed by atoms with Crippen LogP contribution in [-0.4, -0.2) is 32.2 Å². The lowest BCUT2D eigenvalue weighted by atomic mass is 9.81. The van der Waals surface area contributed by atoms with Crippen LogP contribution in [0.15, 0.2) is 54.6 Å². The quantitative estimate of drug-likeness (QED) is 0.731. The Bertz CT molecular complexity index is 786. The summed E-state index contributed by atoms with van der Waals surface area (Å²) in [7, 11) is 0. The van der Waals surface area contributed by atoms with Gasteiger partial charge in [-0.25, -0.2) is 0 Å². The maximum Gasteiger partial charge on any atom is 0.225 e. The first-order valence-electron chi connectivity index (χ1n) is 10.6. The van der Waals surface area contributed by atoms with Gasteiger partial charge in [0.1, 0.15) is 12.4 Å². The Kier molecular flexibility index (Phi) is 8.14. The van der Waals surface area contributed by atoms with E-state index in [1.54, 1.807) is 0 Å². The summed E-state index contributed by atoms with van der Waals surface area (Å²) in [5, 5.41) is 6.73. The van der Waals surface area contributed by atoms with E-state index in [4.69, 9.17) is 9.47 Å². The van der Waals surface area contributed by atoms with Crippen LogP contribution in [0.3, 0.4) is 0 Å². The van der Waals surface area contributed by atoms with Crippen molar-refractivity contribution in [3.63, 3.8) is 0 Å². The van der Waals surface area contributed by atoms with Crippen LogP contribution >= 0.6 is 12.4 Å². The number of amides is 1. The van der Waals surface area contributed by atoms with Crippen molar-refractivity contribution in [3.8, 4) is 5.75 Å². The van der Waals surface area contributed by atoms with Gasteiger partial charge in [-0.3, -0.25) is 4.79 Å². The van der Waals surface area contributed by atoms with Gasteiger partial charge in [-0.15, -0.1) is 12.4 Å². The third-order valence-corrected chi connectivity index (χ3v) is 6.03. The molecule has 162 valence electrons. The molecule has 0 aromatic heterocycles. The highest BCUT2D eigenvalue weighted by Gasteiger charge is 2.37. The number of rotatable bonds is 6. The number of piperidine rings is 1. The maximum absolute atomic E-state index is 13.0. The number of ether oxygens (including phenoxy) is 2. The number of nitrogens with one attached hydrogen (secondary N) is 2. The molecule has 0 radical (unpaired) electrons. The van der Waals surface area contributed by atoms with Gasteiger partial charge in [0, 0.05) is 19.8 Å². The van der Waals surface area contributed by atoms with Gasteiger partial charge in [0.15, 0.2) is 0 Å². The second-order valence-corrected chi connectivity index (χ2v) is 8.03. The molecule has 1 amide bonds. The van der Waals surface area contributed by atoms with Gasteiger partial charge in [-0.2, -0.15) is 0 Å². The minimum atomic E-state index is -0.356. The molecule has 4 rings (SSSR count). The summed E-state index contributed by atoms with van der Waals surface area (Å²) in [5.41, 5.74) is 1.92. The molecular formula is C24H31ClN2O3. The molecule has 2 aromatic rings. The van der Waals surface area contributed by atoms with E-state index in [1.807, 2.05) is 30.3 Å². The first-order valence-corrected chi connectivity index (χ1v) is 10.6. The highest BCUT2D eigenvalue weighted by atomic mass is 35.5. The number of carbonyl (C=O) groups is 1. The Hall–Kier alpha value is -2.08. The van der Waals surface area contributed by atoms with Gasteiger partial charge in [0.2, 0.25) is 5.91 Å². The van der Waals surface area contributed by atoms with Crippen molar-refractivity contribution in [2.45, 2.75) is 37.8 Å². The monoisotopic (exact) mass is 430 g/mol. The predicted octanol–water partition coefficient (Wildman–Crippen LogP) is 3.81. The van der Waals surface area contributed by atoms with E-state index in [0.29, 0.717) is 19.8 Å². The molecule has 2 aromatic carbocycles. The zero-order valence-electron chi connectivity index (χ0n) is 17.3. The smallest absolute Gasteiger partial charge is 0.225 e. The average molecular weight is 431 g/mol. The van der Waals surface area contributed by atoms with Crippen molar-refractivity contribution in [1.82, 2.24) is 10.6 Å². The summed E-state index contributed by atoms with van der Waals surface area (Å²) >= 11 is 0. The number of hydrogen-bond acceptors (Lipinski definition) is 4. The summed E-state index contributed by atoms with van der Waals surface area (Å²) in [5.74, 6) is 1.04. The molecule has 5 nitrogen and oxygen atoms in total. The minimum Gasteiger partial charge on any atom is -0.489 e. The Morgan fingerprint density at radius 2 is 1.83 bits per heavy atom. The molecule has 2 saturated heterocycles. The maximum atomic E-state index is 13.0. The summed E-state index contributed by atoms with van der Waals surface area (Å²) in [6.45, 7) is 3.65. The predicted molar refractivity (Wildman–Crippen MR) is 120 cm³/mol. The van der Waals surface area contributed by atoms with E-state index in [1.165, 1.54) is 0 Å². The molecule has 0 aliphatic carbocycles. The van der Waals surface area contributed by atoms with Crippen LogP contribution < -0.4 is 15.4 Å². The van der Waals surface area contributed by atoms with Crippen LogP contribution in [0.4, 0.5) is 0 Å². The van der Waals surface area contributed by atoms with E-state index in [2.05, 4.69) is 34.9 Å². The molecule has 30 heavy (non-hydrogen) atoms. The van der Waals surface area contributed by atoms with Crippen molar-refractivity contribution in [2.75, 3.05) is 26.3 Å². The second-order valence-electron chi connectivity index (χ2n) is 8.03. The van der Waals surface area contributed by atoms with Crippen molar-refractivity contribution >= 4 is 18.3 Å². The molecule has 6 heteroatoms. The highest BCUT2D eigenvalue weighted by molar-refractivity contribution is 5.85. The standard InChI is InChI=1S/C24H30N2O3.ClH/c27-23(20-7-4-14-25-17-20)26-24(12-15-28-16-13-24)21-8-10-22(11-9-21)29-18-19-5-2-1-3-6-19;/h1-3,5-6,8-11,20,25H,4,7,12-18H2,(H,26,27);1H. The van der Waals surface area contributed by atoms with Crippen LogP contribution in [0, 0.1) is 5.92 Å². The Balaban J connectivity index is 0.00000256. The largest absolute Gasteiger partial charge is 0.489 e. The van der Waals surface area contributed by atoms with Gasteiger partial charge < -0.3 is 20.1 Å². The van der Waals surface area contributed by atoms with E-state index in [0.717, 1.165) is 55.6 Å². The van der Waals surface area contributed by atoms with Gasteiger partial charge in [-0.05, 0) is 55.5 Å². The molecule has 0 spiro atoms. The Morgan fingerprint density at radius 3 is 2.50 bits per heavy atom. The molecule has 2 fully saturated rings. The van der Waals surface area contributed by atoms with E-state index < -0.39 is 0 Å². The molecule has 0 bridgehead atoms. The minimum absolute atomic E-state index is 0. The fourth-order valence-electron chi connectivity index (χ4n) is 4.23. The molecule has 1 atom stereocenters. The van der Waals surface area contributed by atoms with Crippen LogP contribution in [-0.2, 0) is 21.7 Å². The van der Waals surface area contributed by atoms with Crippen molar-refractivity contribution in [3.05, 3.63) is 65.7 Å². The summed E-state index contributed by atoms with van der Waals surface area (Å²) in [6.07, 6.45) is 3.60. The SMILES string of the molecule is Cl.O=C(NC1(c2ccc(OCc3ccccc3)cc2)CCOCC1)C1CCCNC1. The Morgan fingerprint density at radius 1 is 1.10 bits per heavy atom. The fraction of sp³-hybridized carbons (Fsp3) is 0.458. The van der Waals surface area contributed by atoms with Crippen molar-refractivity contribution in [2.24, 2.45) is 5.92 Å². The van der Waals surface area contributed by atoms with Crippen molar-refractivity contribution < 1.29 is 14.3 Å². The van der Waals surface area contributed by atoms with Crippen LogP contribution in [0.25, 0.3) is 0 Å². The molecule has 0 saturated carbocycles. The zero-order chi connectivity index (χ0) is 19.9. The van der Waals surface area contributed by atoms with Crippen molar-refractivity contribution in [1.29, 1.82) is 0 Å². The molecule has 2 N–H and O–H groups in total. The van der Waals surface area contributed by atoms with E-state index in [9.17, 15) is 4.79 Å². The first-order chi connectivity index (χ1) is 14.3. The number of carbonyl (C=O) groups excluding carboxylic acids is 1. The van der Waals surface area contributed by atoms with Gasteiger partial charge in [0.05, 0.1) is 11.5 Å². The molecule has 2 heterocycles. The van der Waals surface area contributed by atoms with Gasteiger partial charge >= 0.3 is 0 Å². The molecule has 1 unspecified atom stereocenters. The Labute approximate surface area is 184 Å². The first kappa shape index (κ1) is 22.6. The normalized spacial score (nSPS) is 20.6. The fourth-order valence-corrected chi connectivity index (χ4v) is 4.23. The highest BCUT2D eigenvalue weighted by Crippen LogP contribution is 2.34. The summed E-state index contributed by atoms with van der Waals surface area (Å²) in [4.78, 5) is 13.0. The lowest BCUT2D eigenvalue weighted by molar-refractivity contribution is -0.129. The van der Waals surface area contributed by atoms with Crippen LogP contribution in [0.5, 0.6) is 5.75 Å².